The van der Waals surface area contributed by atoms with Gasteiger partial charge in [-0.25, -0.2) is 4.79 Å². The van der Waals surface area contributed by atoms with E-state index in [4.69, 9.17) is 14.2 Å². The van der Waals surface area contributed by atoms with Crippen LogP contribution in [0.5, 0.6) is 0 Å². The first-order valence-corrected chi connectivity index (χ1v) is 27.2. The minimum Gasteiger partial charge on any atom is -0.459 e. The second-order valence-electron chi connectivity index (χ2n) is 22.4. The molecule has 18 heteroatoms. The monoisotopic (exact) mass is 1080 g/mol. The molecule has 6 amide bonds. The van der Waals surface area contributed by atoms with Crippen LogP contribution in [0.25, 0.3) is 0 Å². The Bertz CT molecular complexity index is 2490. The standard InChI is InChI=1S/C60H87N7O11/c1-16-46(62-56(72)51-53(78-60(10,11)67(51)15)40(8)34-76-35-43-27-29-45(30-28-43)52(69)44-25-21-18-22-26-44)57(73)64(12)33-49(68)65(13)47(31-37(2)3)55(71)63-50(39(6)7)58(74)66(14)48(32-38(4)5)54(70)61-41(9)59(75)77-36-42-23-19-17-20-24-42/h17-30,37-41,46-48,50-51,53H,16,31-36H2,1-15H3,(H,61,70)(H,62,72)(H,63,71)/t40-,41+,46+,47+,48+,50+,51+,53-/m1/s1. The lowest BCUT2D eigenvalue weighted by atomic mass is 9.97. The summed E-state index contributed by atoms with van der Waals surface area (Å²) in [5.41, 5.74) is 2.02. The van der Waals surface area contributed by atoms with Crippen molar-refractivity contribution in [2.45, 2.75) is 157 Å². The van der Waals surface area contributed by atoms with Crippen LogP contribution in [-0.4, -0.2) is 156 Å². The maximum Gasteiger partial charge on any atom is 0.328 e. The van der Waals surface area contributed by atoms with Gasteiger partial charge in [0.15, 0.2) is 5.78 Å². The molecule has 1 heterocycles. The third-order valence-corrected chi connectivity index (χ3v) is 14.3. The summed E-state index contributed by atoms with van der Waals surface area (Å²) < 4.78 is 18.0. The molecular weight excluding hydrogens is 995 g/mol. The average Bonchev–Trinajstić information content (AvgIpc) is 3.73. The van der Waals surface area contributed by atoms with Crippen molar-refractivity contribution in [3.05, 3.63) is 107 Å². The van der Waals surface area contributed by atoms with Gasteiger partial charge in [-0.05, 0) is 76.0 Å². The number of esters is 1. The van der Waals surface area contributed by atoms with Gasteiger partial charge in [-0.2, -0.15) is 0 Å². The number of rotatable bonds is 28. The number of nitrogens with zero attached hydrogens (tertiary/aromatic N) is 4. The lowest BCUT2D eigenvalue weighted by Crippen LogP contribution is -2.60. The predicted octanol–water partition coefficient (Wildman–Crippen LogP) is 5.99. The maximum atomic E-state index is 14.4. The van der Waals surface area contributed by atoms with E-state index in [1.54, 1.807) is 52.1 Å². The minimum absolute atomic E-state index is 0.0285. The fourth-order valence-corrected chi connectivity index (χ4v) is 9.32. The number of amides is 6. The molecule has 428 valence electrons. The summed E-state index contributed by atoms with van der Waals surface area (Å²) in [6, 6.07) is 19.6. The normalized spacial score (nSPS) is 17.5. The van der Waals surface area contributed by atoms with Gasteiger partial charge in [-0.15, -0.1) is 0 Å². The van der Waals surface area contributed by atoms with Crippen molar-refractivity contribution in [3.8, 4) is 0 Å². The van der Waals surface area contributed by atoms with Crippen molar-refractivity contribution in [1.82, 2.24) is 35.6 Å². The van der Waals surface area contributed by atoms with E-state index < -0.39 is 102 Å². The van der Waals surface area contributed by atoms with E-state index in [-0.39, 0.29) is 62.6 Å². The maximum absolute atomic E-state index is 14.4. The largest absolute Gasteiger partial charge is 0.459 e. The van der Waals surface area contributed by atoms with Crippen LogP contribution in [0, 0.1) is 23.7 Å². The summed E-state index contributed by atoms with van der Waals surface area (Å²) in [5, 5.41) is 8.53. The van der Waals surface area contributed by atoms with Gasteiger partial charge in [0, 0.05) is 38.2 Å². The van der Waals surface area contributed by atoms with Crippen LogP contribution in [0.3, 0.4) is 0 Å². The highest BCUT2D eigenvalue weighted by atomic mass is 16.5. The molecule has 0 unspecified atom stereocenters. The van der Waals surface area contributed by atoms with Crippen molar-refractivity contribution < 1.29 is 52.6 Å². The molecule has 4 rings (SSSR count). The van der Waals surface area contributed by atoms with Gasteiger partial charge in [-0.3, -0.25) is 38.5 Å². The molecule has 0 radical (unpaired) electrons. The van der Waals surface area contributed by atoms with Crippen LogP contribution in [0.4, 0.5) is 0 Å². The highest BCUT2D eigenvalue weighted by Crippen LogP contribution is 2.35. The molecule has 1 fully saturated rings. The Hall–Kier alpha value is -6.50. The average molecular weight is 1080 g/mol. The first kappa shape index (κ1) is 64.0. The first-order valence-electron chi connectivity index (χ1n) is 27.2. The summed E-state index contributed by atoms with van der Waals surface area (Å²) in [7, 11) is 6.23. The van der Waals surface area contributed by atoms with E-state index in [2.05, 4.69) is 16.0 Å². The van der Waals surface area contributed by atoms with Crippen molar-refractivity contribution in [1.29, 1.82) is 0 Å². The lowest BCUT2D eigenvalue weighted by Gasteiger charge is -2.35. The highest BCUT2D eigenvalue weighted by Gasteiger charge is 2.51. The van der Waals surface area contributed by atoms with Gasteiger partial charge in [-0.1, -0.05) is 140 Å². The predicted molar refractivity (Wildman–Crippen MR) is 298 cm³/mol. The van der Waals surface area contributed by atoms with E-state index in [1.165, 1.54) is 42.8 Å². The minimum atomic E-state index is -1.10. The third kappa shape index (κ3) is 17.8. The Morgan fingerprint density at radius 2 is 1.19 bits per heavy atom. The van der Waals surface area contributed by atoms with Crippen molar-refractivity contribution >= 4 is 47.2 Å². The van der Waals surface area contributed by atoms with Gasteiger partial charge in [0.05, 0.1) is 25.9 Å². The molecular formula is C60H87N7O11. The Balaban J connectivity index is 1.38. The third-order valence-electron chi connectivity index (χ3n) is 14.3. The zero-order chi connectivity index (χ0) is 58.2. The quantitative estimate of drug-likeness (QED) is 0.0565. The van der Waals surface area contributed by atoms with E-state index in [1.807, 2.05) is 114 Å². The summed E-state index contributed by atoms with van der Waals surface area (Å²) >= 11 is 0. The zero-order valence-corrected chi connectivity index (χ0v) is 48.7. The Kier molecular flexibility index (Phi) is 24.2. The molecule has 1 aliphatic heterocycles. The second-order valence-corrected chi connectivity index (χ2v) is 22.4. The number of carbonyl (C=O) groups is 8. The topological polar surface area (TPSA) is 213 Å². The number of likely N-dealkylation sites (N-methyl/N-ethyl adjacent to an activating group) is 4. The van der Waals surface area contributed by atoms with Crippen LogP contribution in [-0.2, 0) is 61.0 Å². The second kappa shape index (κ2) is 29.5. The van der Waals surface area contributed by atoms with Gasteiger partial charge in [0.1, 0.15) is 48.6 Å². The smallest absolute Gasteiger partial charge is 0.328 e. The number of hydrogen-bond acceptors (Lipinski definition) is 12. The Labute approximate surface area is 462 Å². The van der Waals surface area contributed by atoms with E-state index in [0.29, 0.717) is 11.1 Å². The van der Waals surface area contributed by atoms with Crippen molar-refractivity contribution in [2.24, 2.45) is 23.7 Å². The molecule has 3 aromatic rings. The molecule has 0 bridgehead atoms. The van der Waals surface area contributed by atoms with Crippen molar-refractivity contribution in [2.75, 3.05) is 41.3 Å². The van der Waals surface area contributed by atoms with Gasteiger partial charge < -0.3 is 44.9 Å². The molecule has 0 aliphatic carbocycles. The molecule has 1 saturated heterocycles. The van der Waals surface area contributed by atoms with Crippen LogP contribution in [0.1, 0.15) is 122 Å². The molecule has 0 saturated carbocycles. The van der Waals surface area contributed by atoms with E-state index >= 15 is 0 Å². The molecule has 0 aromatic heterocycles. The van der Waals surface area contributed by atoms with Crippen LogP contribution >= 0.6 is 0 Å². The zero-order valence-electron chi connectivity index (χ0n) is 48.7. The number of carbonyl (C=O) groups excluding carboxylic acids is 8. The lowest BCUT2D eigenvalue weighted by molar-refractivity contribution is -0.150. The first-order chi connectivity index (χ1) is 36.7. The Morgan fingerprint density at radius 1 is 0.667 bits per heavy atom. The fraction of sp³-hybridized carbons (Fsp3) is 0.567. The van der Waals surface area contributed by atoms with Gasteiger partial charge >= 0.3 is 5.97 Å². The van der Waals surface area contributed by atoms with E-state index in [9.17, 15) is 38.4 Å². The highest BCUT2D eigenvalue weighted by molar-refractivity contribution is 6.09. The van der Waals surface area contributed by atoms with E-state index in [0.717, 1.165) is 11.1 Å². The molecule has 3 N–H and O–H groups in total. The molecule has 18 nitrogen and oxygen atoms in total. The summed E-state index contributed by atoms with van der Waals surface area (Å²) in [5.74, 6) is -4.63. The van der Waals surface area contributed by atoms with Crippen molar-refractivity contribution in [3.63, 3.8) is 0 Å². The molecule has 1 aliphatic rings. The summed E-state index contributed by atoms with van der Waals surface area (Å²) in [6.45, 7) is 20.3. The Morgan fingerprint density at radius 3 is 1.74 bits per heavy atom. The number of ketones is 1. The summed E-state index contributed by atoms with van der Waals surface area (Å²) in [4.78, 5) is 116. The van der Waals surface area contributed by atoms with Gasteiger partial charge in [0.25, 0.3) is 0 Å². The number of nitrogens with one attached hydrogen (secondary N) is 3. The summed E-state index contributed by atoms with van der Waals surface area (Å²) in [6.07, 6.45) is 0.104. The van der Waals surface area contributed by atoms with Crippen LogP contribution < -0.4 is 16.0 Å². The number of benzene rings is 3. The fourth-order valence-electron chi connectivity index (χ4n) is 9.32. The molecule has 8 atom stereocenters. The SMILES string of the molecule is CC[C@H](NC(=O)[C@@H]1[C@@H]([C@H](C)COCc2ccc(C(=O)c3ccccc3)cc2)OC(C)(C)N1C)C(=O)N(C)CC(=O)N(C)[C@@H](CC(C)C)C(=O)N[C@H](C(=O)N(C)[C@@H](CC(C)C)C(=O)N[C@@H](C)C(=O)OCc1ccccc1)C(C)C. The molecule has 3 aromatic carbocycles. The number of ether oxygens (including phenoxy) is 3. The van der Waals surface area contributed by atoms with Gasteiger partial charge in [0.2, 0.25) is 35.4 Å². The number of hydrogen-bond donors (Lipinski definition) is 3. The van der Waals surface area contributed by atoms with Crippen LogP contribution in [0.2, 0.25) is 0 Å². The molecule has 0 spiro atoms. The molecule has 78 heavy (non-hydrogen) atoms. The van der Waals surface area contributed by atoms with Crippen LogP contribution in [0.15, 0.2) is 84.9 Å².